The van der Waals surface area contributed by atoms with Crippen molar-refractivity contribution in [2.45, 2.75) is 103 Å². The smallest absolute Gasteiger partial charge is 0.406 e. The second-order valence-corrected chi connectivity index (χ2v) is 11.9. The number of esters is 7. The van der Waals surface area contributed by atoms with E-state index in [9.17, 15) is 43.7 Å². The average molecular weight is 784 g/mol. The van der Waals surface area contributed by atoms with Gasteiger partial charge < -0.3 is 42.6 Å². The quantitative estimate of drug-likeness (QED) is 0.0976. The number of nitrogens with zero attached hydrogens (tertiary/aromatic N) is 7. The van der Waals surface area contributed by atoms with Crippen molar-refractivity contribution in [3.05, 3.63) is 33.9 Å². The number of carbonyl (C=O) groups excluding carboxylic acids is 7. The fourth-order valence-electron chi connectivity index (χ4n) is 5.87. The predicted octanol–water partition coefficient (Wildman–Crippen LogP) is -1.40. The first-order valence-electron chi connectivity index (χ1n) is 16.3. The van der Waals surface area contributed by atoms with Crippen molar-refractivity contribution in [2.75, 3.05) is 19.8 Å². The number of rotatable bonds is 13. The van der Waals surface area contributed by atoms with Crippen LogP contribution in [0, 0.1) is 10.1 Å². The number of carbonyl (C=O) groups is 7. The number of hydrogen-bond acceptors (Lipinski definition) is 22. The minimum atomic E-state index is -3.13. The molecule has 55 heavy (non-hydrogen) atoms. The average Bonchev–Trinajstić information content (AvgIpc) is 3.75. The minimum Gasteiger partial charge on any atom is -0.460 e. The lowest BCUT2D eigenvalue weighted by Crippen LogP contribution is -2.55. The maximum Gasteiger partial charge on any atom is 0.406 e. The molecule has 0 radical (unpaired) electrons. The summed E-state index contributed by atoms with van der Waals surface area (Å²) in [6.07, 6.45) is -9.90. The monoisotopic (exact) mass is 783 g/mol. The van der Waals surface area contributed by atoms with Crippen LogP contribution in [0.4, 0.5) is 0 Å². The molecule has 0 unspecified atom stereocenters. The molecule has 25 nitrogen and oxygen atoms in total. The molecule has 0 aromatic carbocycles. The van der Waals surface area contributed by atoms with E-state index in [-0.39, 0.29) is 6.61 Å². The van der Waals surface area contributed by atoms with Crippen LogP contribution in [0.1, 0.15) is 72.3 Å². The molecule has 0 bridgehead atoms. The molecule has 4 rings (SSSR count). The Balaban J connectivity index is 1.82. The molecule has 2 saturated heterocycles. The third-order valence-electron chi connectivity index (χ3n) is 7.78. The molecule has 25 heteroatoms. The number of aromatic nitrogens is 6. The predicted molar refractivity (Wildman–Crippen MR) is 168 cm³/mol. The van der Waals surface area contributed by atoms with E-state index in [1.807, 2.05) is 0 Å². The summed E-state index contributed by atoms with van der Waals surface area (Å²) in [6, 6.07) is 0. The third-order valence-corrected chi connectivity index (χ3v) is 7.78. The van der Waals surface area contributed by atoms with Gasteiger partial charge in [0.1, 0.15) is 0 Å². The Kier molecular flexibility index (Phi) is 13.1. The first-order valence-corrected chi connectivity index (χ1v) is 16.3. The van der Waals surface area contributed by atoms with Crippen LogP contribution in [0.25, 0.3) is 0 Å². The van der Waals surface area contributed by atoms with E-state index in [1.54, 1.807) is 0 Å². The molecule has 2 fully saturated rings. The van der Waals surface area contributed by atoms with Gasteiger partial charge in [-0.05, 0) is 6.92 Å². The van der Waals surface area contributed by atoms with Crippen molar-refractivity contribution in [3.63, 3.8) is 0 Å². The molecule has 2 aliphatic rings. The van der Waals surface area contributed by atoms with Crippen molar-refractivity contribution >= 4 is 41.8 Å². The lowest BCUT2D eigenvalue weighted by Gasteiger charge is -2.40. The van der Waals surface area contributed by atoms with Crippen molar-refractivity contribution in [1.82, 2.24) is 30.0 Å². The van der Waals surface area contributed by atoms with E-state index in [0.29, 0.717) is 0 Å². The zero-order valence-corrected chi connectivity index (χ0v) is 30.4. The summed E-state index contributed by atoms with van der Waals surface area (Å²) in [6.45, 7) is 6.44. The summed E-state index contributed by atoms with van der Waals surface area (Å²) < 4.78 is 50.2. The fraction of sp³-hybridized carbons (Fsp3) is 0.633. The first kappa shape index (κ1) is 41.6. The highest BCUT2D eigenvalue weighted by Gasteiger charge is 2.62. The van der Waals surface area contributed by atoms with Gasteiger partial charge in [-0.15, -0.1) is 10.2 Å². The van der Waals surface area contributed by atoms with Crippen LogP contribution < -0.4 is 0 Å². The van der Waals surface area contributed by atoms with Crippen LogP contribution >= 0.6 is 0 Å². The molecule has 0 saturated carbocycles. The standard InChI is InChI=1S/C30H37N7O18/c1-8-47-29(44)30(37(45)46,21-9-35(33-31-21)27-25(54-17(6)42)23(52-15(4)40)19(11-48-27)50-13(2)38)22-10-36(34-32-22)28-26(55-18(7)43)24(53-16(5)41)20(12-49-28)51-14(3)39/h9-10,19-20,23-28H,8,11-12H2,1-7H3/t19-,20-,23+,24+,25-,26-,27-,28-/m1/s1. The Labute approximate surface area is 309 Å². The molecule has 300 valence electrons. The topological polar surface area (TPSA) is 307 Å². The summed E-state index contributed by atoms with van der Waals surface area (Å²) >= 11 is 0. The highest BCUT2D eigenvalue weighted by molar-refractivity contribution is 5.84. The van der Waals surface area contributed by atoms with E-state index < -0.39 is 126 Å². The second kappa shape index (κ2) is 17.4. The van der Waals surface area contributed by atoms with Gasteiger partial charge in [-0.1, -0.05) is 10.4 Å². The summed E-state index contributed by atoms with van der Waals surface area (Å²) in [5.74, 6) is -6.57. The highest BCUT2D eigenvalue weighted by Crippen LogP contribution is 2.37. The van der Waals surface area contributed by atoms with Crippen molar-refractivity contribution in [2.24, 2.45) is 0 Å². The summed E-state index contributed by atoms with van der Waals surface area (Å²) in [4.78, 5) is 97.7. The second-order valence-electron chi connectivity index (χ2n) is 11.9. The van der Waals surface area contributed by atoms with Crippen molar-refractivity contribution < 1.29 is 81.1 Å². The van der Waals surface area contributed by atoms with Crippen molar-refractivity contribution in [3.8, 4) is 0 Å². The molecular formula is C30H37N7O18. The Bertz CT molecular complexity index is 1700. The van der Waals surface area contributed by atoms with Crippen LogP contribution in [0.3, 0.4) is 0 Å². The molecule has 2 aliphatic heterocycles. The fourth-order valence-corrected chi connectivity index (χ4v) is 5.87. The highest BCUT2D eigenvalue weighted by atomic mass is 16.7. The summed E-state index contributed by atoms with van der Waals surface area (Å²) in [5.41, 5.74) is -4.59. The van der Waals surface area contributed by atoms with Gasteiger partial charge in [0.15, 0.2) is 60.5 Å². The molecule has 2 aromatic rings. The van der Waals surface area contributed by atoms with Gasteiger partial charge in [0.25, 0.3) is 0 Å². The molecular weight excluding hydrogens is 746 g/mol. The van der Waals surface area contributed by atoms with Crippen LogP contribution in [-0.4, -0.2) is 133 Å². The first-order chi connectivity index (χ1) is 25.9. The van der Waals surface area contributed by atoms with Crippen LogP contribution in [0.5, 0.6) is 0 Å². The molecule has 0 spiro atoms. The molecule has 2 aromatic heterocycles. The SMILES string of the molecule is CCOC(=O)C(c1cn([C@@H]2OC[C@@H](OC(C)=O)[C@H](OC(C)=O)[C@H]2OC(C)=O)nn1)(c1cn([C@@H]2OC[C@@H](OC(C)=O)[C@H](OC(C)=O)[C@H]2OC(C)=O)nn1)[N+](=O)[O-]. The van der Waals surface area contributed by atoms with E-state index >= 15 is 0 Å². The minimum absolute atomic E-state index is 0.361. The van der Waals surface area contributed by atoms with E-state index in [1.165, 1.54) is 6.92 Å². The number of nitro groups is 1. The van der Waals surface area contributed by atoms with E-state index in [2.05, 4.69) is 20.6 Å². The van der Waals surface area contributed by atoms with Crippen molar-refractivity contribution in [1.29, 1.82) is 0 Å². The van der Waals surface area contributed by atoms with Gasteiger partial charge in [0.05, 0.1) is 37.1 Å². The van der Waals surface area contributed by atoms with Crippen LogP contribution in [0.15, 0.2) is 12.4 Å². The Morgan fingerprint density at radius 2 is 1.02 bits per heavy atom. The van der Waals surface area contributed by atoms with Gasteiger partial charge in [-0.2, -0.15) is 0 Å². The van der Waals surface area contributed by atoms with Gasteiger partial charge in [0, 0.05) is 41.5 Å². The molecule has 0 amide bonds. The maximum absolute atomic E-state index is 13.7. The summed E-state index contributed by atoms with van der Waals surface area (Å²) in [5, 5.41) is 28.6. The van der Waals surface area contributed by atoms with Gasteiger partial charge in [0.2, 0.25) is 0 Å². The van der Waals surface area contributed by atoms with Gasteiger partial charge in [-0.3, -0.25) is 38.9 Å². The lowest BCUT2D eigenvalue weighted by atomic mass is 9.92. The molecule has 8 atom stereocenters. The maximum atomic E-state index is 13.7. The van der Waals surface area contributed by atoms with E-state index in [0.717, 1.165) is 63.3 Å². The van der Waals surface area contributed by atoms with Gasteiger partial charge in [-0.25, -0.2) is 14.2 Å². The molecule has 4 heterocycles. The summed E-state index contributed by atoms with van der Waals surface area (Å²) in [7, 11) is 0. The Hall–Kier alpha value is -6.11. The zero-order valence-electron chi connectivity index (χ0n) is 30.4. The third kappa shape index (κ3) is 9.17. The number of hydrogen-bond donors (Lipinski definition) is 0. The molecule has 0 N–H and O–H groups in total. The largest absolute Gasteiger partial charge is 0.460 e. The zero-order chi connectivity index (χ0) is 40.8. The Morgan fingerprint density at radius 1 is 0.673 bits per heavy atom. The normalized spacial score (nSPS) is 25.1. The molecule has 0 aliphatic carbocycles. The van der Waals surface area contributed by atoms with Crippen LogP contribution in [-0.2, 0) is 81.7 Å². The Morgan fingerprint density at radius 3 is 1.33 bits per heavy atom. The van der Waals surface area contributed by atoms with Crippen LogP contribution in [0.2, 0.25) is 0 Å². The lowest BCUT2D eigenvalue weighted by molar-refractivity contribution is -0.553. The van der Waals surface area contributed by atoms with E-state index in [4.69, 9.17) is 42.6 Å². The van der Waals surface area contributed by atoms with Gasteiger partial charge >= 0.3 is 47.3 Å². The number of ether oxygens (including phenoxy) is 9.